The molecule has 0 radical (unpaired) electrons. The first kappa shape index (κ1) is 18.1. The van der Waals surface area contributed by atoms with Crippen molar-refractivity contribution in [3.8, 4) is 0 Å². The van der Waals surface area contributed by atoms with Crippen LogP contribution in [0.1, 0.15) is 17.9 Å². The third-order valence-corrected chi connectivity index (χ3v) is 6.45. The summed E-state index contributed by atoms with van der Waals surface area (Å²) in [6.45, 7) is 3.00. The molecule has 1 amide bonds. The summed E-state index contributed by atoms with van der Waals surface area (Å²) in [4.78, 5) is 18.1. The summed E-state index contributed by atoms with van der Waals surface area (Å²) < 4.78 is 0. The average molecular weight is 380 g/mol. The molecule has 4 rings (SSSR count). The molecule has 27 heavy (non-hydrogen) atoms. The van der Waals surface area contributed by atoms with E-state index in [1.807, 2.05) is 41.3 Å². The molecule has 0 bridgehead atoms. The molecule has 2 atom stereocenters. The molecule has 1 aliphatic carbocycles. The van der Waals surface area contributed by atoms with Gasteiger partial charge in [-0.15, -0.1) is 11.8 Å². The van der Waals surface area contributed by atoms with Gasteiger partial charge in [-0.25, -0.2) is 0 Å². The van der Waals surface area contributed by atoms with Crippen LogP contribution in [0.4, 0.5) is 0 Å². The number of rotatable bonds is 5. The van der Waals surface area contributed by atoms with E-state index in [0.29, 0.717) is 23.4 Å². The maximum atomic E-state index is 12.8. The van der Waals surface area contributed by atoms with Crippen molar-refractivity contribution in [2.75, 3.05) is 31.9 Å². The molecule has 140 valence electrons. The quantitative estimate of drug-likeness (QED) is 0.489. The zero-order valence-corrected chi connectivity index (χ0v) is 16.2. The maximum absolute atomic E-state index is 12.8. The second kappa shape index (κ2) is 8.17. The number of carbonyl (C=O) groups excluding carboxylic acids is 1. The van der Waals surface area contributed by atoms with Crippen molar-refractivity contribution in [3.05, 3.63) is 66.2 Å². The van der Waals surface area contributed by atoms with Crippen molar-refractivity contribution in [1.29, 1.82) is 5.41 Å². The molecule has 2 fully saturated rings. The molecule has 2 aromatic carbocycles. The zero-order valence-electron chi connectivity index (χ0n) is 15.4. The second-order valence-electron chi connectivity index (χ2n) is 7.22. The molecule has 4 nitrogen and oxygen atoms in total. The number of piperazine rings is 1. The van der Waals surface area contributed by atoms with Gasteiger partial charge in [-0.3, -0.25) is 10.2 Å². The van der Waals surface area contributed by atoms with Gasteiger partial charge in [-0.1, -0.05) is 48.5 Å². The Hall–Kier alpha value is -2.27. The highest BCUT2D eigenvalue weighted by atomic mass is 32.2. The van der Waals surface area contributed by atoms with Gasteiger partial charge in [-0.2, -0.15) is 0 Å². The maximum Gasteiger partial charge on any atom is 0.226 e. The molecule has 2 aromatic rings. The number of amidine groups is 1. The summed E-state index contributed by atoms with van der Waals surface area (Å²) in [5, 5.41) is 8.35. The van der Waals surface area contributed by atoms with Crippen molar-refractivity contribution in [3.63, 3.8) is 0 Å². The number of carbonyl (C=O) groups is 1. The smallest absolute Gasteiger partial charge is 0.226 e. The largest absolute Gasteiger partial charge is 0.356 e. The lowest BCUT2D eigenvalue weighted by molar-refractivity contribution is -0.133. The van der Waals surface area contributed by atoms with Crippen molar-refractivity contribution in [2.24, 2.45) is 5.92 Å². The number of nitrogens with zero attached hydrogens (tertiary/aromatic N) is 2. The van der Waals surface area contributed by atoms with E-state index in [0.717, 1.165) is 32.6 Å². The number of benzene rings is 2. The molecular weight excluding hydrogens is 354 g/mol. The number of nitrogens with one attached hydrogen (secondary N) is 1. The molecule has 1 N–H and O–H groups in total. The van der Waals surface area contributed by atoms with E-state index in [2.05, 4.69) is 29.2 Å². The first-order valence-corrected chi connectivity index (χ1v) is 10.5. The van der Waals surface area contributed by atoms with Crippen LogP contribution >= 0.6 is 11.8 Å². The molecule has 2 aliphatic rings. The fraction of sp³-hybridized carbons (Fsp3) is 0.364. The molecule has 1 saturated carbocycles. The molecule has 1 saturated heterocycles. The Morgan fingerprint density at radius 1 is 0.926 bits per heavy atom. The average Bonchev–Trinajstić information content (AvgIpc) is 3.54. The Morgan fingerprint density at radius 2 is 1.52 bits per heavy atom. The number of hydrogen-bond acceptors (Lipinski definition) is 3. The Labute approximate surface area is 165 Å². The van der Waals surface area contributed by atoms with E-state index < -0.39 is 0 Å². The van der Waals surface area contributed by atoms with E-state index in [-0.39, 0.29) is 5.92 Å². The van der Waals surface area contributed by atoms with Gasteiger partial charge in [-0.05, 0) is 30.0 Å². The van der Waals surface area contributed by atoms with E-state index in [4.69, 9.17) is 5.41 Å². The van der Waals surface area contributed by atoms with Gasteiger partial charge in [0.1, 0.15) is 5.84 Å². The van der Waals surface area contributed by atoms with Crippen molar-refractivity contribution in [1.82, 2.24) is 9.80 Å². The van der Waals surface area contributed by atoms with Crippen LogP contribution in [0.3, 0.4) is 0 Å². The van der Waals surface area contributed by atoms with Gasteiger partial charge >= 0.3 is 0 Å². The Balaban J connectivity index is 1.23. The highest BCUT2D eigenvalue weighted by Crippen LogP contribution is 2.48. The minimum atomic E-state index is 0.159. The predicted molar refractivity (Wildman–Crippen MR) is 110 cm³/mol. The Kier molecular flexibility index (Phi) is 5.48. The van der Waals surface area contributed by atoms with Crippen LogP contribution in [-0.4, -0.2) is 53.5 Å². The SMILES string of the molecule is N=C(CSc1ccccc1)N1CCN(C(=O)[C@@H]2C[C@H]2c2ccccc2)CC1. The summed E-state index contributed by atoms with van der Waals surface area (Å²) in [5.41, 5.74) is 1.29. The van der Waals surface area contributed by atoms with Gasteiger partial charge in [0.2, 0.25) is 5.91 Å². The van der Waals surface area contributed by atoms with Crippen LogP contribution in [-0.2, 0) is 4.79 Å². The second-order valence-corrected chi connectivity index (χ2v) is 8.27. The van der Waals surface area contributed by atoms with Crippen molar-refractivity contribution >= 4 is 23.5 Å². The minimum Gasteiger partial charge on any atom is -0.356 e. The Bertz CT molecular complexity index is 788. The third kappa shape index (κ3) is 4.35. The highest BCUT2D eigenvalue weighted by molar-refractivity contribution is 8.00. The van der Waals surface area contributed by atoms with E-state index >= 15 is 0 Å². The van der Waals surface area contributed by atoms with Gasteiger partial charge in [0.25, 0.3) is 0 Å². The van der Waals surface area contributed by atoms with Crippen LogP contribution in [0.15, 0.2) is 65.6 Å². The lowest BCUT2D eigenvalue weighted by atomic mass is 10.1. The van der Waals surface area contributed by atoms with Gasteiger partial charge in [0.05, 0.1) is 5.75 Å². The summed E-state index contributed by atoms with van der Waals surface area (Å²) in [6, 6.07) is 20.6. The number of thioether (sulfide) groups is 1. The van der Waals surface area contributed by atoms with Crippen LogP contribution in [0.2, 0.25) is 0 Å². The summed E-state index contributed by atoms with van der Waals surface area (Å²) in [5.74, 6) is 2.19. The normalized spacial score (nSPS) is 21.8. The van der Waals surface area contributed by atoms with Gasteiger partial charge in [0, 0.05) is 37.0 Å². The van der Waals surface area contributed by atoms with Crippen LogP contribution in [0.5, 0.6) is 0 Å². The van der Waals surface area contributed by atoms with Gasteiger partial charge < -0.3 is 9.80 Å². The van der Waals surface area contributed by atoms with Crippen molar-refractivity contribution in [2.45, 2.75) is 17.2 Å². The fourth-order valence-corrected chi connectivity index (χ4v) is 4.56. The van der Waals surface area contributed by atoms with Gasteiger partial charge in [0.15, 0.2) is 0 Å². The standard InChI is InChI=1S/C22H25N3OS/c23-21(16-27-18-9-5-2-6-10-18)24-11-13-25(14-12-24)22(26)20-15-19(20)17-7-3-1-4-8-17/h1-10,19-20,23H,11-16H2/t19-,20+/m0/s1. The monoisotopic (exact) mass is 379 g/mol. The lowest BCUT2D eigenvalue weighted by Gasteiger charge is -2.36. The van der Waals surface area contributed by atoms with E-state index in [1.54, 1.807) is 11.8 Å². The molecule has 0 aromatic heterocycles. The fourth-order valence-electron chi connectivity index (χ4n) is 3.73. The third-order valence-electron chi connectivity index (χ3n) is 5.43. The lowest BCUT2D eigenvalue weighted by Crippen LogP contribution is -2.51. The van der Waals surface area contributed by atoms with Crippen molar-refractivity contribution < 1.29 is 4.79 Å². The summed E-state index contributed by atoms with van der Waals surface area (Å²) in [7, 11) is 0. The van der Waals surface area contributed by atoms with Crippen LogP contribution in [0, 0.1) is 11.3 Å². The minimum absolute atomic E-state index is 0.159. The molecule has 0 spiro atoms. The first-order valence-electron chi connectivity index (χ1n) is 9.56. The number of hydrogen-bond donors (Lipinski definition) is 1. The Morgan fingerprint density at radius 3 is 2.19 bits per heavy atom. The zero-order chi connectivity index (χ0) is 18.6. The molecule has 1 aliphatic heterocycles. The van der Waals surface area contributed by atoms with E-state index in [1.165, 1.54) is 10.5 Å². The topological polar surface area (TPSA) is 47.4 Å². The number of amides is 1. The van der Waals surface area contributed by atoms with E-state index in [9.17, 15) is 4.79 Å². The first-order chi connectivity index (χ1) is 13.2. The predicted octanol–water partition coefficient (Wildman–Crippen LogP) is 3.70. The molecular formula is C22H25N3OS. The molecule has 5 heteroatoms. The summed E-state index contributed by atoms with van der Waals surface area (Å²) in [6.07, 6.45) is 0.979. The molecule has 1 heterocycles. The van der Waals surface area contributed by atoms with Crippen LogP contribution in [0.25, 0.3) is 0 Å². The highest BCUT2D eigenvalue weighted by Gasteiger charge is 2.46. The van der Waals surface area contributed by atoms with Crippen LogP contribution < -0.4 is 0 Å². The summed E-state index contributed by atoms with van der Waals surface area (Å²) >= 11 is 1.70. The molecule has 0 unspecified atom stereocenters.